The predicted octanol–water partition coefficient (Wildman–Crippen LogP) is 4.86. The molecular weight excluding hydrogens is 455 g/mol. The van der Waals surface area contributed by atoms with Gasteiger partial charge in [-0.05, 0) is 30.3 Å². The van der Waals surface area contributed by atoms with Crippen LogP contribution in [0.5, 0.6) is 5.75 Å². The summed E-state index contributed by atoms with van der Waals surface area (Å²) in [5.41, 5.74) is 1.65. The Hall–Kier alpha value is -2.09. The molecule has 6 nitrogen and oxygen atoms in total. The molecule has 1 aliphatic heterocycles. The number of fused-ring (bicyclic) bond motifs is 1. The Kier molecular flexibility index (Phi) is 5.08. The van der Waals surface area contributed by atoms with Crippen LogP contribution in [0.4, 0.5) is 5.95 Å². The highest BCUT2D eigenvalue weighted by atomic mass is 79.9. The van der Waals surface area contributed by atoms with Gasteiger partial charge in [-0.1, -0.05) is 45.2 Å². The zero-order valence-corrected chi connectivity index (χ0v) is 16.9. The van der Waals surface area contributed by atoms with E-state index in [2.05, 4.69) is 31.3 Å². The summed E-state index contributed by atoms with van der Waals surface area (Å²) in [6, 6.07) is 10.6. The molecule has 0 fully saturated rings. The standard InChI is InChI=1S/C18H13BrCl2N4O2/c19-11-2-4-16(27-8-10-1-3-12(20)6-14(10)21)13(5-11)15-7-17(26)24-18-22-9-23-25(15)18/h1-6,9,15H,7-8H2,(H,22,23,24,26)/t15-/m0/s1. The lowest BCUT2D eigenvalue weighted by Crippen LogP contribution is -2.29. The maximum absolute atomic E-state index is 12.1. The van der Waals surface area contributed by atoms with Crippen LogP contribution in [0.2, 0.25) is 10.0 Å². The molecule has 1 aromatic heterocycles. The largest absolute Gasteiger partial charge is 0.488 e. The van der Waals surface area contributed by atoms with E-state index < -0.39 is 0 Å². The molecule has 2 heterocycles. The fourth-order valence-electron chi connectivity index (χ4n) is 2.95. The maximum atomic E-state index is 12.1. The number of benzene rings is 2. The summed E-state index contributed by atoms with van der Waals surface area (Å²) in [5, 5.41) is 8.07. The molecule has 2 aromatic carbocycles. The molecule has 0 spiro atoms. The first kappa shape index (κ1) is 18.3. The van der Waals surface area contributed by atoms with Gasteiger partial charge in [-0.3, -0.25) is 10.1 Å². The minimum Gasteiger partial charge on any atom is -0.488 e. The van der Waals surface area contributed by atoms with Crippen LogP contribution in [-0.2, 0) is 11.4 Å². The number of rotatable bonds is 4. The van der Waals surface area contributed by atoms with Gasteiger partial charge in [0.15, 0.2) is 0 Å². The van der Waals surface area contributed by atoms with Crippen LogP contribution in [0.15, 0.2) is 47.2 Å². The molecular formula is C18H13BrCl2N4O2. The second-order valence-corrected chi connectivity index (χ2v) is 7.76. The monoisotopic (exact) mass is 466 g/mol. The Morgan fingerprint density at radius 2 is 2.11 bits per heavy atom. The number of nitrogens with zero attached hydrogens (tertiary/aromatic N) is 3. The van der Waals surface area contributed by atoms with Gasteiger partial charge in [0.2, 0.25) is 11.9 Å². The topological polar surface area (TPSA) is 69.0 Å². The summed E-state index contributed by atoms with van der Waals surface area (Å²) in [6.07, 6.45) is 1.66. The van der Waals surface area contributed by atoms with Gasteiger partial charge >= 0.3 is 0 Å². The molecule has 0 saturated heterocycles. The van der Waals surface area contributed by atoms with E-state index >= 15 is 0 Å². The van der Waals surface area contributed by atoms with Crippen molar-refractivity contribution in [3.63, 3.8) is 0 Å². The first-order chi connectivity index (χ1) is 13.0. The maximum Gasteiger partial charge on any atom is 0.229 e. The van der Waals surface area contributed by atoms with E-state index in [1.807, 2.05) is 24.3 Å². The van der Waals surface area contributed by atoms with Crippen molar-refractivity contribution < 1.29 is 9.53 Å². The number of hydrogen-bond donors (Lipinski definition) is 1. The second kappa shape index (κ2) is 7.50. The average molecular weight is 468 g/mol. The first-order valence-electron chi connectivity index (χ1n) is 8.07. The lowest BCUT2D eigenvalue weighted by molar-refractivity contribution is -0.117. The number of amides is 1. The fraction of sp³-hybridized carbons (Fsp3) is 0.167. The van der Waals surface area contributed by atoms with Gasteiger partial charge in [0.25, 0.3) is 0 Å². The molecule has 1 aliphatic rings. The van der Waals surface area contributed by atoms with Crippen molar-refractivity contribution in [1.29, 1.82) is 0 Å². The first-order valence-corrected chi connectivity index (χ1v) is 9.61. The van der Waals surface area contributed by atoms with Gasteiger partial charge in [0.1, 0.15) is 18.7 Å². The zero-order chi connectivity index (χ0) is 19.0. The van der Waals surface area contributed by atoms with Crippen LogP contribution >= 0.6 is 39.1 Å². The Bertz CT molecular complexity index is 1020. The number of carbonyl (C=O) groups excluding carboxylic acids is 1. The molecule has 0 radical (unpaired) electrons. The third-order valence-electron chi connectivity index (χ3n) is 4.23. The number of ether oxygens (including phenoxy) is 1. The molecule has 4 rings (SSSR count). The molecule has 1 atom stereocenters. The smallest absolute Gasteiger partial charge is 0.229 e. The van der Waals surface area contributed by atoms with E-state index in [0.29, 0.717) is 21.7 Å². The normalized spacial score (nSPS) is 16.0. The molecule has 1 N–H and O–H groups in total. The predicted molar refractivity (Wildman–Crippen MR) is 106 cm³/mol. The summed E-state index contributed by atoms with van der Waals surface area (Å²) in [7, 11) is 0. The lowest BCUT2D eigenvalue weighted by Gasteiger charge is -2.25. The van der Waals surface area contributed by atoms with Gasteiger partial charge in [0, 0.05) is 25.6 Å². The van der Waals surface area contributed by atoms with Crippen LogP contribution in [-0.4, -0.2) is 20.7 Å². The van der Waals surface area contributed by atoms with E-state index in [-0.39, 0.29) is 25.0 Å². The Morgan fingerprint density at radius 1 is 1.26 bits per heavy atom. The fourth-order valence-corrected chi connectivity index (χ4v) is 3.79. The van der Waals surface area contributed by atoms with Crippen molar-refractivity contribution >= 4 is 51.0 Å². The highest BCUT2D eigenvalue weighted by molar-refractivity contribution is 9.10. The van der Waals surface area contributed by atoms with E-state index in [4.69, 9.17) is 27.9 Å². The number of hydrogen-bond acceptors (Lipinski definition) is 4. The molecule has 0 unspecified atom stereocenters. The van der Waals surface area contributed by atoms with E-state index in [0.717, 1.165) is 15.6 Å². The molecule has 0 aliphatic carbocycles. The SMILES string of the molecule is O=C1C[C@@H](c2cc(Br)ccc2OCc2ccc(Cl)cc2Cl)n2ncnc2N1. The second-order valence-electron chi connectivity index (χ2n) is 6.00. The van der Waals surface area contributed by atoms with Crippen molar-refractivity contribution in [2.45, 2.75) is 19.1 Å². The van der Waals surface area contributed by atoms with Gasteiger partial charge in [-0.25, -0.2) is 4.68 Å². The number of carbonyl (C=O) groups is 1. The van der Waals surface area contributed by atoms with Gasteiger partial charge in [0.05, 0.1) is 12.5 Å². The molecule has 0 saturated carbocycles. The number of nitrogens with one attached hydrogen (secondary N) is 1. The highest BCUT2D eigenvalue weighted by Gasteiger charge is 2.30. The Balaban J connectivity index is 1.67. The van der Waals surface area contributed by atoms with Crippen LogP contribution in [0.3, 0.4) is 0 Å². The van der Waals surface area contributed by atoms with E-state index in [9.17, 15) is 4.79 Å². The summed E-state index contributed by atoms with van der Waals surface area (Å²) in [5.74, 6) is 0.945. The molecule has 9 heteroatoms. The van der Waals surface area contributed by atoms with Crippen LogP contribution < -0.4 is 10.1 Å². The summed E-state index contributed by atoms with van der Waals surface area (Å²) < 4.78 is 8.60. The Morgan fingerprint density at radius 3 is 2.93 bits per heavy atom. The quantitative estimate of drug-likeness (QED) is 0.594. The molecule has 0 bridgehead atoms. The van der Waals surface area contributed by atoms with Crippen LogP contribution in [0, 0.1) is 0 Å². The molecule has 3 aromatic rings. The average Bonchev–Trinajstić information content (AvgIpc) is 3.09. The molecule has 138 valence electrons. The van der Waals surface area contributed by atoms with Gasteiger partial charge in [-0.2, -0.15) is 10.1 Å². The Labute approximate surface area is 173 Å². The van der Waals surface area contributed by atoms with Crippen molar-refractivity contribution in [3.05, 3.63) is 68.4 Å². The minimum atomic E-state index is -0.315. The van der Waals surface area contributed by atoms with Crippen molar-refractivity contribution in [1.82, 2.24) is 14.8 Å². The summed E-state index contributed by atoms with van der Waals surface area (Å²) in [4.78, 5) is 16.2. The number of halogens is 3. The third kappa shape index (κ3) is 3.81. The third-order valence-corrected chi connectivity index (χ3v) is 5.31. The van der Waals surface area contributed by atoms with Crippen molar-refractivity contribution in [2.24, 2.45) is 0 Å². The van der Waals surface area contributed by atoms with Crippen molar-refractivity contribution in [3.8, 4) is 5.75 Å². The minimum absolute atomic E-state index is 0.118. The lowest BCUT2D eigenvalue weighted by atomic mass is 10.0. The van der Waals surface area contributed by atoms with Crippen molar-refractivity contribution in [2.75, 3.05) is 5.32 Å². The number of aromatic nitrogens is 3. The van der Waals surface area contributed by atoms with E-state index in [1.54, 1.807) is 16.8 Å². The highest BCUT2D eigenvalue weighted by Crippen LogP contribution is 2.36. The van der Waals surface area contributed by atoms with Crippen LogP contribution in [0.1, 0.15) is 23.6 Å². The number of anilines is 1. The molecule has 27 heavy (non-hydrogen) atoms. The van der Waals surface area contributed by atoms with E-state index in [1.165, 1.54) is 6.33 Å². The van der Waals surface area contributed by atoms with Gasteiger partial charge < -0.3 is 4.74 Å². The molecule has 1 amide bonds. The van der Waals surface area contributed by atoms with Gasteiger partial charge in [-0.15, -0.1) is 0 Å². The summed E-state index contributed by atoms with van der Waals surface area (Å²) >= 11 is 15.7. The summed E-state index contributed by atoms with van der Waals surface area (Å²) in [6.45, 7) is 0.272. The van der Waals surface area contributed by atoms with Crippen LogP contribution in [0.25, 0.3) is 0 Å². The zero-order valence-electron chi connectivity index (χ0n) is 13.8.